The van der Waals surface area contributed by atoms with Crippen LogP contribution in [0, 0.1) is 0 Å². The molecular weight excluding hydrogens is 324 g/mol. The van der Waals surface area contributed by atoms with E-state index in [1.165, 1.54) is 4.90 Å². The van der Waals surface area contributed by atoms with E-state index in [9.17, 15) is 14.7 Å². The predicted octanol–water partition coefficient (Wildman–Crippen LogP) is 2.28. The molecule has 0 spiro atoms. The van der Waals surface area contributed by atoms with E-state index in [0.717, 1.165) is 5.56 Å². The molecule has 0 aliphatic carbocycles. The van der Waals surface area contributed by atoms with Gasteiger partial charge in [-0.25, -0.2) is 9.59 Å². The summed E-state index contributed by atoms with van der Waals surface area (Å²) < 4.78 is 10.4. The number of rotatable bonds is 3. The van der Waals surface area contributed by atoms with Gasteiger partial charge in [0.15, 0.2) is 0 Å². The average molecular weight is 350 g/mol. The number of amides is 2. The maximum absolute atomic E-state index is 12.0. The van der Waals surface area contributed by atoms with Crippen molar-refractivity contribution in [3.05, 3.63) is 35.9 Å². The van der Waals surface area contributed by atoms with Crippen molar-refractivity contribution < 1.29 is 24.2 Å². The highest BCUT2D eigenvalue weighted by atomic mass is 16.6. The number of likely N-dealkylation sites (tertiary alicyclic amines) is 1. The molecule has 1 aliphatic rings. The second-order valence-corrected chi connectivity index (χ2v) is 7.09. The summed E-state index contributed by atoms with van der Waals surface area (Å²) in [7, 11) is 0. The minimum absolute atomic E-state index is 0.110. The third-order valence-corrected chi connectivity index (χ3v) is 3.75. The molecule has 2 atom stereocenters. The van der Waals surface area contributed by atoms with Crippen molar-refractivity contribution in [1.82, 2.24) is 10.2 Å². The lowest BCUT2D eigenvalue weighted by Crippen LogP contribution is -2.56. The van der Waals surface area contributed by atoms with E-state index in [1.807, 2.05) is 30.3 Å². The SMILES string of the molecule is CC(C)(C)OC(=O)N1CC[C@H](NC(=O)OCc2ccccc2)[C@@H](O)C1. The quantitative estimate of drug-likeness (QED) is 0.873. The molecular formula is C18H26N2O5. The van der Waals surface area contributed by atoms with Crippen LogP contribution in [-0.2, 0) is 16.1 Å². The molecule has 0 unspecified atom stereocenters. The van der Waals surface area contributed by atoms with Gasteiger partial charge in [-0.1, -0.05) is 30.3 Å². The number of aliphatic hydroxyl groups excluding tert-OH is 1. The Morgan fingerprint density at radius 3 is 2.56 bits per heavy atom. The molecule has 1 aliphatic heterocycles. The molecule has 2 N–H and O–H groups in total. The third kappa shape index (κ3) is 6.26. The Balaban J connectivity index is 1.77. The Bertz CT molecular complexity index is 585. The van der Waals surface area contributed by atoms with Crippen LogP contribution in [0.1, 0.15) is 32.8 Å². The van der Waals surface area contributed by atoms with Gasteiger partial charge in [0.25, 0.3) is 0 Å². The summed E-state index contributed by atoms with van der Waals surface area (Å²) in [5.41, 5.74) is 0.302. The van der Waals surface area contributed by atoms with E-state index in [-0.39, 0.29) is 13.2 Å². The second-order valence-electron chi connectivity index (χ2n) is 7.09. The van der Waals surface area contributed by atoms with Crippen molar-refractivity contribution in [2.24, 2.45) is 0 Å². The first-order valence-corrected chi connectivity index (χ1v) is 8.38. The zero-order valence-corrected chi connectivity index (χ0v) is 14.9. The van der Waals surface area contributed by atoms with Gasteiger partial charge < -0.3 is 24.8 Å². The summed E-state index contributed by atoms with van der Waals surface area (Å²) in [5.74, 6) is 0. The number of alkyl carbamates (subject to hydrolysis) is 1. The standard InChI is InChI=1S/C18H26N2O5/c1-18(2,3)25-17(23)20-10-9-14(15(21)11-20)19-16(22)24-12-13-7-5-4-6-8-13/h4-8,14-15,21H,9-12H2,1-3H3,(H,19,22)/t14-,15-/m0/s1. The van der Waals surface area contributed by atoms with Crippen LogP contribution in [0.3, 0.4) is 0 Å². The van der Waals surface area contributed by atoms with Gasteiger partial charge >= 0.3 is 12.2 Å². The van der Waals surface area contributed by atoms with E-state index in [1.54, 1.807) is 20.8 Å². The fourth-order valence-corrected chi connectivity index (χ4v) is 2.51. The molecule has 138 valence electrons. The van der Waals surface area contributed by atoms with Crippen molar-refractivity contribution in [3.63, 3.8) is 0 Å². The summed E-state index contributed by atoms with van der Waals surface area (Å²) in [6, 6.07) is 8.89. The number of nitrogens with one attached hydrogen (secondary N) is 1. The van der Waals surface area contributed by atoms with Crippen LogP contribution in [0.4, 0.5) is 9.59 Å². The van der Waals surface area contributed by atoms with E-state index in [4.69, 9.17) is 9.47 Å². The molecule has 2 amide bonds. The Kier molecular flexibility index (Phi) is 6.25. The normalized spacial score (nSPS) is 20.7. The Hall–Kier alpha value is -2.28. The maximum Gasteiger partial charge on any atom is 0.410 e. The van der Waals surface area contributed by atoms with Gasteiger partial charge in [-0.3, -0.25) is 0 Å². The van der Waals surface area contributed by atoms with Gasteiger partial charge in [0, 0.05) is 6.54 Å². The van der Waals surface area contributed by atoms with Crippen LogP contribution in [0.2, 0.25) is 0 Å². The zero-order chi connectivity index (χ0) is 18.4. The minimum atomic E-state index is -0.870. The number of benzene rings is 1. The predicted molar refractivity (Wildman–Crippen MR) is 92.0 cm³/mol. The molecule has 1 heterocycles. The first kappa shape index (κ1) is 19.1. The van der Waals surface area contributed by atoms with Crippen molar-refractivity contribution >= 4 is 12.2 Å². The van der Waals surface area contributed by atoms with Crippen molar-refractivity contribution in [3.8, 4) is 0 Å². The highest BCUT2D eigenvalue weighted by Crippen LogP contribution is 2.16. The highest BCUT2D eigenvalue weighted by molar-refractivity contribution is 5.69. The fourth-order valence-electron chi connectivity index (χ4n) is 2.51. The lowest BCUT2D eigenvalue weighted by Gasteiger charge is -2.36. The number of piperidine rings is 1. The molecule has 25 heavy (non-hydrogen) atoms. The lowest BCUT2D eigenvalue weighted by molar-refractivity contribution is -0.00475. The van der Waals surface area contributed by atoms with Gasteiger partial charge in [0.05, 0.1) is 18.7 Å². The number of β-amino-alcohol motifs (C(OH)–C–C–N with tert-alkyl or cyclic N) is 1. The molecule has 7 heteroatoms. The number of hydrogen-bond donors (Lipinski definition) is 2. The molecule has 0 saturated carbocycles. The number of nitrogens with zero attached hydrogens (tertiary/aromatic N) is 1. The molecule has 0 bridgehead atoms. The minimum Gasteiger partial charge on any atom is -0.445 e. The molecule has 1 saturated heterocycles. The lowest BCUT2D eigenvalue weighted by atomic mass is 10.0. The summed E-state index contributed by atoms with van der Waals surface area (Å²) in [4.78, 5) is 25.4. The van der Waals surface area contributed by atoms with Crippen LogP contribution in [-0.4, -0.2) is 53.0 Å². The molecule has 2 rings (SSSR count). The molecule has 7 nitrogen and oxygen atoms in total. The molecule has 0 aromatic heterocycles. The smallest absolute Gasteiger partial charge is 0.410 e. The average Bonchev–Trinajstić information content (AvgIpc) is 2.54. The van der Waals surface area contributed by atoms with E-state index < -0.39 is 29.9 Å². The number of aliphatic hydroxyl groups is 1. The Labute approximate surface area is 147 Å². The highest BCUT2D eigenvalue weighted by Gasteiger charge is 2.33. The molecule has 1 fully saturated rings. The monoisotopic (exact) mass is 350 g/mol. The van der Waals surface area contributed by atoms with Crippen LogP contribution in [0.5, 0.6) is 0 Å². The van der Waals surface area contributed by atoms with Gasteiger partial charge in [0.1, 0.15) is 12.2 Å². The summed E-state index contributed by atoms with van der Waals surface area (Å²) in [6.07, 6.45) is -1.48. The summed E-state index contributed by atoms with van der Waals surface area (Å²) in [5, 5.41) is 12.9. The van der Waals surface area contributed by atoms with Gasteiger partial charge in [-0.2, -0.15) is 0 Å². The first-order chi connectivity index (χ1) is 11.7. The maximum atomic E-state index is 12.0. The number of carbonyl (C=O) groups is 2. The summed E-state index contributed by atoms with van der Waals surface area (Å²) in [6.45, 7) is 6.04. The second kappa shape index (κ2) is 8.20. The topological polar surface area (TPSA) is 88.1 Å². The molecule has 0 radical (unpaired) electrons. The van der Waals surface area contributed by atoms with Crippen molar-refractivity contribution in [2.45, 2.75) is 51.5 Å². The fraction of sp³-hybridized carbons (Fsp3) is 0.556. The molecule has 1 aromatic rings. The van der Waals surface area contributed by atoms with E-state index >= 15 is 0 Å². The van der Waals surface area contributed by atoms with E-state index in [2.05, 4.69) is 5.32 Å². The van der Waals surface area contributed by atoms with Gasteiger partial charge in [-0.05, 0) is 32.8 Å². The zero-order valence-electron chi connectivity index (χ0n) is 14.9. The van der Waals surface area contributed by atoms with Gasteiger partial charge in [0.2, 0.25) is 0 Å². The summed E-state index contributed by atoms with van der Waals surface area (Å²) >= 11 is 0. The number of hydrogen-bond acceptors (Lipinski definition) is 5. The Morgan fingerprint density at radius 2 is 1.96 bits per heavy atom. The van der Waals surface area contributed by atoms with E-state index in [0.29, 0.717) is 13.0 Å². The van der Waals surface area contributed by atoms with Crippen molar-refractivity contribution in [2.75, 3.05) is 13.1 Å². The van der Waals surface area contributed by atoms with Crippen LogP contribution in [0.15, 0.2) is 30.3 Å². The molecule has 1 aromatic carbocycles. The van der Waals surface area contributed by atoms with Crippen molar-refractivity contribution in [1.29, 1.82) is 0 Å². The van der Waals surface area contributed by atoms with Crippen LogP contribution in [0.25, 0.3) is 0 Å². The van der Waals surface area contributed by atoms with Crippen LogP contribution < -0.4 is 5.32 Å². The third-order valence-electron chi connectivity index (χ3n) is 3.75. The largest absolute Gasteiger partial charge is 0.445 e. The Morgan fingerprint density at radius 1 is 1.28 bits per heavy atom. The number of carbonyl (C=O) groups excluding carboxylic acids is 2. The van der Waals surface area contributed by atoms with Gasteiger partial charge in [-0.15, -0.1) is 0 Å². The number of ether oxygens (including phenoxy) is 2. The van der Waals surface area contributed by atoms with Crippen LogP contribution >= 0.6 is 0 Å². The first-order valence-electron chi connectivity index (χ1n) is 8.38.